The highest BCUT2D eigenvalue weighted by Gasteiger charge is 2.35. The molecule has 2 aliphatic rings. The lowest BCUT2D eigenvalue weighted by atomic mass is 10.1. The number of carbonyl (C=O) groups excluding carboxylic acids is 2. The van der Waals surface area contributed by atoms with Crippen LogP contribution in [0.15, 0.2) is 48.5 Å². The molecule has 0 N–H and O–H groups in total. The summed E-state index contributed by atoms with van der Waals surface area (Å²) in [4.78, 5) is 28.7. The molecule has 1 saturated carbocycles. The Bertz CT molecular complexity index is 895. The maximum Gasteiger partial charge on any atom is 0.253 e. The highest BCUT2D eigenvalue weighted by Crippen LogP contribution is 2.32. The first-order chi connectivity index (χ1) is 15.0. The van der Waals surface area contributed by atoms with Crippen LogP contribution in [0.5, 0.6) is 5.75 Å². The van der Waals surface area contributed by atoms with Gasteiger partial charge in [0.1, 0.15) is 11.9 Å². The van der Waals surface area contributed by atoms with Gasteiger partial charge >= 0.3 is 0 Å². The van der Waals surface area contributed by atoms with Crippen LogP contribution in [-0.2, 0) is 17.8 Å². The van der Waals surface area contributed by atoms with Gasteiger partial charge in [-0.2, -0.15) is 0 Å². The second-order valence-electron chi connectivity index (χ2n) is 8.77. The van der Waals surface area contributed by atoms with Crippen molar-refractivity contribution in [1.29, 1.82) is 0 Å². The molecule has 0 bridgehead atoms. The summed E-state index contributed by atoms with van der Waals surface area (Å²) in [5.41, 5.74) is 3.08. The van der Waals surface area contributed by atoms with Gasteiger partial charge in [-0.25, -0.2) is 0 Å². The maximum absolute atomic E-state index is 12.8. The average Bonchev–Trinajstić information content (AvgIpc) is 3.65. The van der Waals surface area contributed by atoms with Crippen molar-refractivity contribution in [3.8, 4) is 5.75 Å². The van der Waals surface area contributed by atoms with E-state index in [1.165, 1.54) is 5.56 Å². The fraction of sp³-hybridized carbons (Fsp3) is 0.462. The zero-order chi connectivity index (χ0) is 21.8. The third-order valence-corrected chi connectivity index (χ3v) is 6.28. The number of ether oxygens (including phenoxy) is 1. The van der Waals surface area contributed by atoms with Gasteiger partial charge in [-0.05, 0) is 54.7 Å². The number of likely N-dealkylation sites (tertiary alicyclic amines) is 1. The fourth-order valence-corrected chi connectivity index (χ4v) is 4.10. The SMILES string of the molecule is CCc1ccc(CN(C)C(=O)c2ccc(OC3CCN(C(=O)C4CC4)CC3)cc2)cc1. The fourth-order valence-electron chi connectivity index (χ4n) is 4.10. The second kappa shape index (κ2) is 9.54. The number of hydrogen-bond donors (Lipinski definition) is 0. The topological polar surface area (TPSA) is 49.9 Å². The summed E-state index contributed by atoms with van der Waals surface area (Å²) in [7, 11) is 1.83. The highest BCUT2D eigenvalue weighted by molar-refractivity contribution is 5.94. The molecule has 0 radical (unpaired) electrons. The molecule has 0 unspecified atom stereocenters. The van der Waals surface area contributed by atoms with Gasteiger partial charge in [-0.1, -0.05) is 31.2 Å². The summed E-state index contributed by atoms with van der Waals surface area (Å²) >= 11 is 0. The van der Waals surface area contributed by atoms with Crippen molar-refractivity contribution in [3.05, 3.63) is 65.2 Å². The van der Waals surface area contributed by atoms with Gasteiger partial charge in [0.15, 0.2) is 0 Å². The van der Waals surface area contributed by atoms with Gasteiger partial charge < -0.3 is 14.5 Å². The molecule has 2 fully saturated rings. The van der Waals surface area contributed by atoms with Crippen molar-refractivity contribution in [3.63, 3.8) is 0 Å². The maximum atomic E-state index is 12.8. The van der Waals surface area contributed by atoms with Gasteiger partial charge in [0.2, 0.25) is 5.91 Å². The van der Waals surface area contributed by atoms with Gasteiger partial charge in [0.25, 0.3) is 5.91 Å². The molecule has 31 heavy (non-hydrogen) atoms. The number of nitrogens with zero attached hydrogens (tertiary/aromatic N) is 2. The predicted octanol–water partition coefficient (Wildman–Crippen LogP) is 4.30. The lowest BCUT2D eigenvalue weighted by Crippen LogP contribution is -2.42. The van der Waals surface area contributed by atoms with E-state index in [-0.39, 0.29) is 17.9 Å². The molecular formula is C26H32N2O3. The molecule has 0 atom stereocenters. The Morgan fingerprint density at radius 3 is 2.13 bits per heavy atom. The molecule has 1 aliphatic carbocycles. The van der Waals surface area contributed by atoms with Crippen molar-refractivity contribution in [1.82, 2.24) is 9.80 Å². The number of carbonyl (C=O) groups is 2. The molecule has 1 aliphatic heterocycles. The minimum absolute atomic E-state index is 0.00184. The Kier molecular flexibility index (Phi) is 6.59. The molecule has 0 aromatic heterocycles. The van der Waals surface area contributed by atoms with E-state index < -0.39 is 0 Å². The van der Waals surface area contributed by atoms with Gasteiger partial charge in [0, 0.05) is 51.0 Å². The van der Waals surface area contributed by atoms with Crippen molar-refractivity contribution in [2.45, 2.75) is 51.7 Å². The van der Waals surface area contributed by atoms with Gasteiger partial charge in [0.05, 0.1) is 0 Å². The van der Waals surface area contributed by atoms with E-state index in [2.05, 4.69) is 31.2 Å². The Hall–Kier alpha value is -2.82. The lowest BCUT2D eigenvalue weighted by Gasteiger charge is -2.32. The number of aryl methyl sites for hydroxylation is 1. The third-order valence-electron chi connectivity index (χ3n) is 6.28. The van der Waals surface area contributed by atoms with Crippen LogP contribution in [0.25, 0.3) is 0 Å². The van der Waals surface area contributed by atoms with Crippen LogP contribution in [-0.4, -0.2) is 47.9 Å². The van der Waals surface area contributed by atoms with Crippen LogP contribution in [0.1, 0.15) is 54.1 Å². The monoisotopic (exact) mass is 420 g/mol. The van der Waals surface area contributed by atoms with Crippen molar-refractivity contribution >= 4 is 11.8 Å². The predicted molar refractivity (Wildman–Crippen MR) is 121 cm³/mol. The molecule has 0 spiro atoms. The van der Waals surface area contributed by atoms with E-state index in [4.69, 9.17) is 4.74 Å². The van der Waals surface area contributed by atoms with E-state index in [1.54, 1.807) is 4.90 Å². The smallest absolute Gasteiger partial charge is 0.253 e. The van der Waals surface area contributed by atoms with Crippen LogP contribution in [0.2, 0.25) is 0 Å². The number of hydrogen-bond acceptors (Lipinski definition) is 3. The number of amides is 2. The van der Waals surface area contributed by atoms with E-state index in [0.717, 1.165) is 56.5 Å². The number of benzene rings is 2. The first kappa shape index (κ1) is 21.4. The standard InChI is InChI=1S/C26H32N2O3/c1-3-19-4-6-20(7-5-19)18-27(2)25(29)21-10-12-23(13-11-21)31-24-14-16-28(17-15-24)26(30)22-8-9-22/h4-7,10-13,22,24H,3,8-9,14-18H2,1-2H3. The Morgan fingerprint density at radius 1 is 0.935 bits per heavy atom. The van der Waals surface area contributed by atoms with E-state index in [0.29, 0.717) is 18.0 Å². The van der Waals surface area contributed by atoms with Crippen LogP contribution < -0.4 is 4.74 Å². The zero-order valence-corrected chi connectivity index (χ0v) is 18.5. The Balaban J connectivity index is 1.27. The first-order valence-electron chi connectivity index (χ1n) is 11.4. The molecule has 5 heteroatoms. The number of rotatable bonds is 7. The molecule has 2 amide bonds. The molecule has 2 aromatic rings. The minimum atomic E-state index is -0.00184. The molecule has 4 rings (SSSR count). The molecular weight excluding hydrogens is 388 g/mol. The Morgan fingerprint density at radius 2 is 1.55 bits per heavy atom. The lowest BCUT2D eigenvalue weighted by molar-refractivity contribution is -0.134. The van der Waals surface area contributed by atoms with Crippen molar-refractivity contribution in [2.75, 3.05) is 20.1 Å². The van der Waals surface area contributed by atoms with Gasteiger partial charge in [-0.15, -0.1) is 0 Å². The first-order valence-corrected chi connectivity index (χ1v) is 11.4. The zero-order valence-electron chi connectivity index (χ0n) is 18.5. The van der Waals surface area contributed by atoms with Crippen LogP contribution >= 0.6 is 0 Å². The quantitative estimate of drug-likeness (QED) is 0.671. The second-order valence-corrected chi connectivity index (χ2v) is 8.77. The Labute approximate surface area is 185 Å². The normalized spacial score (nSPS) is 16.8. The van der Waals surface area contributed by atoms with Crippen LogP contribution in [0, 0.1) is 5.92 Å². The molecule has 5 nitrogen and oxygen atoms in total. The molecule has 1 saturated heterocycles. The minimum Gasteiger partial charge on any atom is -0.490 e. The van der Waals surface area contributed by atoms with Gasteiger partial charge in [-0.3, -0.25) is 9.59 Å². The molecule has 164 valence electrons. The molecule has 2 aromatic carbocycles. The highest BCUT2D eigenvalue weighted by atomic mass is 16.5. The summed E-state index contributed by atoms with van der Waals surface area (Å²) in [5.74, 6) is 1.39. The van der Waals surface area contributed by atoms with E-state index in [1.807, 2.05) is 36.2 Å². The van der Waals surface area contributed by atoms with Crippen molar-refractivity contribution < 1.29 is 14.3 Å². The summed E-state index contributed by atoms with van der Waals surface area (Å²) in [6.07, 6.45) is 4.97. The number of piperidine rings is 1. The van der Waals surface area contributed by atoms with Crippen LogP contribution in [0.3, 0.4) is 0 Å². The summed E-state index contributed by atoms with van der Waals surface area (Å²) in [6, 6.07) is 15.8. The van der Waals surface area contributed by atoms with Crippen molar-refractivity contribution in [2.24, 2.45) is 5.92 Å². The largest absolute Gasteiger partial charge is 0.490 e. The van der Waals surface area contributed by atoms with E-state index >= 15 is 0 Å². The summed E-state index contributed by atoms with van der Waals surface area (Å²) in [6.45, 7) is 4.28. The van der Waals surface area contributed by atoms with Crippen LogP contribution in [0.4, 0.5) is 0 Å². The molecule has 1 heterocycles. The van der Waals surface area contributed by atoms with E-state index in [9.17, 15) is 9.59 Å². The summed E-state index contributed by atoms with van der Waals surface area (Å²) in [5, 5.41) is 0. The third kappa shape index (κ3) is 5.46. The average molecular weight is 421 g/mol. The summed E-state index contributed by atoms with van der Waals surface area (Å²) < 4.78 is 6.11.